The molecule has 1 aliphatic rings. The van der Waals surface area contributed by atoms with Crippen LogP contribution in [0.4, 0.5) is 5.69 Å². The van der Waals surface area contributed by atoms with Gasteiger partial charge in [0.05, 0.1) is 6.54 Å². The maximum Gasteiger partial charge on any atom is 0.239 e. The molecule has 0 radical (unpaired) electrons. The second kappa shape index (κ2) is 6.60. The maximum absolute atomic E-state index is 11.9. The van der Waals surface area contributed by atoms with Crippen molar-refractivity contribution in [2.24, 2.45) is 5.92 Å². The summed E-state index contributed by atoms with van der Waals surface area (Å²) >= 11 is 0. The van der Waals surface area contributed by atoms with E-state index in [1.54, 1.807) is 0 Å². The Balaban J connectivity index is 1.74. The number of aryl methyl sites for hydroxylation is 1. The number of benzene rings is 1. The van der Waals surface area contributed by atoms with E-state index >= 15 is 0 Å². The van der Waals surface area contributed by atoms with Crippen LogP contribution in [0.3, 0.4) is 0 Å². The van der Waals surface area contributed by atoms with Crippen LogP contribution in [0.5, 0.6) is 0 Å². The largest absolute Gasteiger partial charge is 0.376 e. The summed E-state index contributed by atoms with van der Waals surface area (Å²) < 4.78 is 0. The predicted molar refractivity (Wildman–Crippen MR) is 79.2 cm³/mol. The quantitative estimate of drug-likeness (QED) is 0.873. The normalized spacial score (nSPS) is 22.8. The van der Waals surface area contributed by atoms with E-state index in [2.05, 4.69) is 17.6 Å². The lowest BCUT2D eigenvalue weighted by Crippen LogP contribution is -2.40. The molecule has 2 N–H and O–H groups in total. The van der Waals surface area contributed by atoms with Crippen molar-refractivity contribution in [2.45, 2.75) is 45.6 Å². The van der Waals surface area contributed by atoms with Crippen molar-refractivity contribution in [1.82, 2.24) is 5.32 Å². The molecule has 0 spiro atoms. The molecule has 0 heterocycles. The number of para-hydroxylation sites is 1. The summed E-state index contributed by atoms with van der Waals surface area (Å²) in [7, 11) is 0. The lowest BCUT2D eigenvalue weighted by Gasteiger charge is -2.27. The molecule has 1 saturated carbocycles. The fourth-order valence-corrected chi connectivity index (χ4v) is 2.63. The Hall–Kier alpha value is -1.51. The van der Waals surface area contributed by atoms with E-state index in [0.29, 0.717) is 12.6 Å². The minimum Gasteiger partial charge on any atom is -0.376 e. The first-order valence-corrected chi connectivity index (χ1v) is 7.24. The Morgan fingerprint density at radius 1 is 1.21 bits per heavy atom. The van der Waals surface area contributed by atoms with E-state index < -0.39 is 0 Å². The van der Waals surface area contributed by atoms with E-state index in [1.807, 2.05) is 31.2 Å². The SMILES string of the molecule is Cc1ccccc1NCC(=O)NC1CCC(C)CC1. The van der Waals surface area contributed by atoms with Crippen molar-refractivity contribution in [1.29, 1.82) is 0 Å². The summed E-state index contributed by atoms with van der Waals surface area (Å²) in [5, 5.41) is 6.33. The summed E-state index contributed by atoms with van der Waals surface area (Å²) in [5.74, 6) is 0.918. The Labute approximate surface area is 115 Å². The zero-order valence-corrected chi connectivity index (χ0v) is 11.9. The van der Waals surface area contributed by atoms with Crippen LogP contribution >= 0.6 is 0 Å². The molecule has 19 heavy (non-hydrogen) atoms. The summed E-state index contributed by atoms with van der Waals surface area (Å²) in [6.45, 7) is 4.69. The van der Waals surface area contributed by atoms with Gasteiger partial charge in [-0.1, -0.05) is 25.1 Å². The number of amides is 1. The first-order valence-electron chi connectivity index (χ1n) is 7.24. The highest BCUT2D eigenvalue weighted by atomic mass is 16.1. The minimum atomic E-state index is 0.0998. The highest BCUT2D eigenvalue weighted by molar-refractivity contribution is 5.81. The van der Waals surface area contributed by atoms with Gasteiger partial charge in [-0.2, -0.15) is 0 Å². The maximum atomic E-state index is 11.9. The topological polar surface area (TPSA) is 41.1 Å². The summed E-state index contributed by atoms with van der Waals surface area (Å²) in [5.41, 5.74) is 2.21. The average molecular weight is 260 g/mol. The highest BCUT2D eigenvalue weighted by Crippen LogP contribution is 2.23. The van der Waals surface area contributed by atoms with Gasteiger partial charge in [0.1, 0.15) is 0 Å². The molecule has 0 bridgehead atoms. The minimum absolute atomic E-state index is 0.0998. The van der Waals surface area contributed by atoms with Crippen molar-refractivity contribution < 1.29 is 4.79 Å². The van der Waals surface area contributed by atoms with Crippen molar-refractivity contribution >= 4 is 11.6 Å². The second-order valence-electron chi connectivity index (χ2n) is 5.69. The number of nitrogens with one attached hydrogen (secondary N) is 2. The van der Waals surface area contributed by atoms with Crippen LogP contribution in [-0.4, -0.2) is 18.5 Å². The van der Waals surface area contributed by atoms with Crippen molar-refractivity contribution in [3.8, 4) is 0 Å². The first kappa shape index (κ1) is 13.9. The van der Waals surface area contributed by atoms with E-state index in [9.17, 15) is 4.79 Å². The second-order valence-corrected chi connectivity index (χ2v) is 5.69. The lowest BCUT2D eigenvalue weighted by atomic mass is 9.87. The van der Waals surface area contributed by atoms with Crippen molar-refractivity contribution in [2.75, 3.05) is 11.9 Å². The number of anilines is 1. The zero-order chi connectivity index (χ0) is 13.7. The van der Waals surface area contributed by atoms with Crippen LogP contribution in [0.1, 0.15) is 38.2 Å². The number of carbonyl (C=O) groups is 1. The number of hydrogen-bond acceptors (Lipinski definition) is 2. The van der Waals surface area contributed by atoms with E-state index in [1.165, 1.54) is 18.4 Å². The molecular weight excluding hydrogens is 236 g/mol. The van der Waals surface area contributed by atoms with E-state index in [-0.39, 0.29) is 5.91 Å². The molecule has 1 amide bonds. The van der Waals surface area contributed by atoms with Crippen LogP contribution in [-0.2, 0) is 4.79 Å². The Morgan fingerprint density at radius 3 is 2.58 bits per heavy atom. The third-order valence-corrected chi connectivity index (χ3v) is 3.97. The molecule has 0 aliphatic heterocycles. The third-order valence-electron chi connectivity index (χ3n) is 3.97. The van der Waals surface area contributed by atoms with Crippen molar-refractivity contribution in [3.63, 3.8) is 0 Å². The van der Waals surface area contributed by atoms with Crippen LogP contribution in [0.2, 0.25) is 0 Å². The van der Waals surface area contributed by atoms with Gasteiger partial charge in [0.15, 0.2) is 0 Å². The Morgan fingerprint density at radius 2 is 1.89 bits per heavy atom. The van der Waals surface area contributed by atoms with Gasteiger partial charge in [0.25, 0.3) is 0 Å². The number of carbonyl (C=O) groups excluding carboxylic acids is 1. The number of hydrogen-bond donors (Lipinski definition) is 2. The highest BCUT2D eigenvalue weighted by Gasteiger charge is 2.19. The summed E-state index contributed by atoms with van der Waals surface area (Å²) in [6.07, 6.45) is 4.71. The van der Waals surface area contributed by atoms with E-state index in [4.69, 9.17) is 0 Å². The van der Waals surface area contributed by atoms with Gasteiger partial charge in [-0.15, -0.1) is 0 Å². The molecular formula is C16H24N2O. The zero-order valence-electron chi connectivity index (χ0n) is 11.9. The molecule has 0 unspecified atom stereocenters. The van der Waals surface area contributed by atoms with Gasteiger partial charge >= 0.3 is 0 Å². The van der Waals surface area contributed by atoms with Gasteiger partial charge in [-0.05, 0) is 50.2 Å². The molecule has 104 valence electrons. The van der Waals surface area contributed by atoms with Crippen LogP contribution < -0.4 is 10.6 Å². The van der Waals surface area contributed by atoms with Gasteiger partial charge < -0.3 is 10.6 Å². The van der Waals surface area contributed by atoms with Crippen LogP contribution in [0, 0.1) is 12.8 Å². The summed E-state index contributed by atoms with van der Waals surface area (Å²) in [6, 6.07) is 8.41. The molecule has 3 nitrogen and oxygen atoms in total. The van der Waals surface area contributed by atoms with Crippen LogP contribution in [0.25, 0.3) is 0 Å². The predicted octanol–water partition coefficient (Wildman–Crippen LogP) is 3.10. The first-order chi connectivity index (χ1) is 9.15. The fourth-order valence-electron chi connectivity index (χ4n) is 2.63. The molecule has 3 heteroatoms. The smallest absolute Gasteiger partial charge is 0.239 e. The standard InChI is InChI=1S/C16H24N2O/c1-12-7-9-14(10-8-12)18-16(19)11-17-15-6-4-3-5-13(15)2/h3-6,12,14,17H,7-11H2,1-2H3,(H,18,19). The average Bonchev–Trinajstić information content (AvgIpc) is 2.40. The molecule has 0 atom stereocenters. The molecule has 1 fully saturated rings. The van der Waals surface area contributed by atoms with E-state index in [0.717, 1.165) is 24.4 Å². The van der Waals surface area contributed by atoms with Crippen LogP contribution in [0.15, 0.2) is 24.3 Å². The monoisotopic (exact) mass is 260 g/mol. The molecule has 0 aromatic heterocycles. The summed E-state index contributed by atoms with van der Waals surface area (Å²) in [4.78, 5) is 11.9. The Kier molecular flexibility index (Phi) is 4.83. The van der Waals surface area contributed by atoms with Gasteiger partial charge in [0, 0.05) is 11.7 Å². The van der Waals surface area contributed by atoms with Gasteiger partial charge in [-0.25, -0.2) is 0 Å². The van der Waals surface area contributed by atoms with Gasteiger partial charge in [0.2, 0.25) is 5.91 Å². The fraction of sp³-hybridized carbons (Fsp3) is 0.562. The molecule has 1 aromatic carbocycles. The van der Waals surface area contributed by atoms with Crippen molar-refractivity contribution in [3.05, 3.63) is 29.8 Å². The molecule has 0 saturated heterocycles. The van der Waals surface area contributed by atoms with Gasteiger partial charge in [-0.3, -0.25) is 4.79 Å². The lowest BCUT2D eigenvalue weighted by molar-refractivity contribution is -0.120. The molecule has 1 aromatic rings. The molecule has 2 rings (SSSR count). The number of rotatable bonds is 4. The third kappa shape index (κ3) is 4.27. The molecule has 1 aliphatic carbocycles. The Bertz CT molecular complexity index is 423.